The molecule has 0 spiro atoms. The van der Waals surface area contributed by atoms with Gasteiger partial charge in [-0.1, -0.05) is 18.7 Å². The molecular formula is C9H14N4OS. The molecule has 0 aliphatic carbocycles. The highest BCUT2D eigenvalue weighted by atomic mass is 32.2. The zero-order valence-electron chi connectivity index (χ0n) is 8.51. The minimum Gasteiger partial charge on any atom is -0.294 e. The topological polar surface area (TPSA) is 80.9 Å². The monoisotopic (exact) mass is 226 g/mol. The predicted molar refractivity (Wildman–Crippen MR) is 58.9 cm³/mol. The number of aromatic nitrogens is 2. The van der Waals surface area contributed by atoms with Crippen LogP contribution in [0.4, 0.5) is 0 Å². The second-order valence-electron chi connectivity index (χ2n) is 3.07. The molecule has 0 saturated carbocycles. The molecule has 1 rings (SSSR count). The Hall–Kier alpha value is -1.14. The molecule has 3 N–H and O–H groups in total. The number of hydrogen-bond acceptors (Lipinski definition) is 5. The van der Waals surface area contributed by atoms with Crippen LogP contribution in [0.25, 0.3) is 0 Å². The van der Waals surface area contributed by atoms with Crippen molar-refractivity contribution in [2.24, 2.45) is 5.84 Å². The van der Waals surface area contributed by atoms with Crippen LogP contribution in [0.3, 0.4) is 0 Å². The molecule has 0 aromatic carbocycles. The van der Waals surface area contributed by atoms with E-state index < -0.39 is 0 Å². The molecule has 6 heteroatoms. The van der Waals surface area contributed by atoms with Crippen molar-refractivity contribution in [3.8, 4) is 0 Å². The van der Waals surface area contributed by atoms with Crippen LogP contribution in [-0.2, 0) is 4.79 Å². The molecule has 1 aromatic rings. The van der Waals surface area contributed by atoms with E-state index in [1.807, 2.05) is 6.92 Å². The van der Waals surface area contributed by atoms with Gasteiger partial charge in [-0.05, 0) is 12.5 Å². The van der Waals surface area contributed by atoms with Gasteiger partial charge in [0.1, 0.15) is 0 Å². The first-order chi connectivity index (χ1) is 7.22. The molecule has 0 saturated heterocycles. The molecule has 5 nitrogen and oxygen atoms in total. The van der Waals surface area contributed by atoms with Gasteiger partial charge in [-0.3, -0.25) is 10.2 Å². The molecular weight excluding hydrogens is 212 g/mol. The summed E-state index contributed by atoms with van der Waals surface area (Å²) in [6, 6.07) is 1.77. The third kappa shape index (κ3) is 4.75. The van der Waals surface area contributed by atoms with Gasteiger partial charge in [0.2, 0.25) is 5.91 Å². The molecule has 82 valence electrons. The Labute approximate surface area is 92.8 Å². The van der Waals surface area contributed by atoms with Crippen LogP contribution < -0.4 is 11.3 Å². The summed E-state index contributed by atoms with van der Waals surface area (Å²) in [5.41, 5.74) is 2.10. The van der Waals surface area contributed by atoms with Crippen molar-refractivity contribution in [1.82, 2.24) is 15.4 Å². The maximum Gasteiger partial charge on any atom is 0.233 e. The summed E-state index contributed by atoms with van der Waals surface area (Å²) in [6.07, 6.45) is 4.59. The number of rotatable bonds is 5. The number of hydrazine groups is 1. The van der Waals surface area contributed by atoms with Crippen molar-refractivity contribution in [1.29, 1.82) is 0 Å². The number of nitrogens with zero attached hydrogens (tertiary/aromatic N) is 2. The van der Waals surface area contributed by atoms with E-state index in [0.717, 1.165) is 11.6 Å². The third-order valence-electron chi connectivity index (χ3n) is 1.79. The Morgan fingerprint density at radius 1 is 1.60 bits per heavy atom. The van der Waals surface area contributed by atoms with Gasteiger partial charge in [-0.15, -0.1) is 0 Å². The Morgan fingerprint density at radius 3 is 2.87 bits per heavy atom. The Balaban J connectivity index is 2.30. The number of hydrogen-bond donors (Lipinski definition) is 2. The van der Waals surface area contributed by atoms with E-state index in [0.29, 0.717) is 11.7 Å². The van der Waals surface area contributed by atoms with Crippen LogP contribution >= 0.6 is 11.8 Å². The summed E-state index contributed by atoms with van der Waals surface area (Å²) < 4.78 is 0. The lowest BCUT2D eigenvalue weighted by atomic mass is 10.2. The summed E-state index contributed by atoms with van der Waals surface area (Å²) in [4.78, 5) is 19.1. The fourth-order valence-corrected chi connectivity index (χ4v) is 1.83. The normalized spacial score (nSPS) is 12.1. The smallest absolute Gasteiger partial charge is 0.233 e. The zero-order chi connectivity index (χ0) is 11.1. The van der Waals surface area contributed by atoms with Crippen LogP contribution in [-0.4, -0.2) is 21.1 Å². The number of nitrogens with one attached hydrogen (secondary N) is 1. The zero-order valence-corrected chi connectivity index (χ0v) is 9.33. The number of thioether (sulfide) groups is 1. The van der Waals surface area contributed by atoms with Crippen LogP contribution in [0.1, 0.15) is 19.8 Å². The quantitative estimate of drug-likeness (QED) is 0.254. The standard InChI is InChI=1S/C9H14N4OS/c1-7(3-4-8(14)13-10)15-9-11-5-2-6-12-9/h2,5-7H,3-4,10H2,1H3,(H,13,14). The largest absolute Gasteiger partial charge is 0.294 e. The Bertz CT molecular complexity index is 306. The van der Waals surface area contributed by atoms with Crippen molar-refractivity contribution in [3.63, 3.8) is 0 Å². The van der Waals surface area contributed by atoms with Crippen molar-refractivity contribution in [3.05, 3.63) is 18.5 Å². The van der Waals surface area contributed by atoms with Crippen LogP contribution in [0.15, 0.2) is 23.6 Å². The summed E-state index contributed by atoms with van der Waals surface area (Å²) >= 11 is 1.55. The number of carbonyl (C=O) groups excluding carboxylic acids is 1. The molecule has 1 heterocycles. The maximum absolute atomic E-state index is 10.9. The average Bonchev–Trinajstić information content (AvgIpc) is 2.27. The van der Waals surface area contributed by atoms with Gasteiger partial charge < -0.3 is 0 Å². The molecule has 0 aliphatic rings. The molecule has 0 aliphatic heterocycles. The van der Waals surface area contributed by atoms with Crippen LogP contribution in [0.5, 0.6) is 0 Å². The highest BCUT2D eigenvalue weighted by Gasteiger charge is 2.08. The maximum atomic E-state index is 10.9. The molecule has 0 bridgehead atoms. The summed E-state index contributed by atoms with van der Waals surface area (Å²) in [7, 11) is 0. The van der Waals surface area contributed by atoms with Crippen molar-refractivity contribution >= 4 is 17.7 Å². The van der Waals surface area contributed by atoms with Gasteiger partial charge in [0.05, 0.1) is 0 Å². The first-order valence-corrected chi connectivity index (χ1v) is 5.53. The number of amides is 1. The first kappa shape index (κ1) is 11.9. The lowest BCUT2D eigenvalue weighted by Gasteiger charge is -2.08. The van der Waals surface area contributed by atoms with E-state index in [9.17, 15) is 4.79 Å². The Kier molecular flexibility index (Phi) is 5.06. The number of carbonyl (C=O) groups is 1. The summed E-state index contributed by atoms with van der Waals surface area (Å²) in [5.74, 6) is 4.84. The molecule has 0 radical (unpaired) electrons. The molecule has 15 heavy (non-hydrogen) atoms. The van der Waals surface area contributed by atoms with Crippen molar-refractivity contribution in [2.45, 2.75) is 30.2 Å². The van der Waals surface area contributed by atoms with Crippen LogP contribution in [0, 0.1) is 0 Å². The van der Waals surface area contributed by atoms with Gasteiger partial charge in [0.15, 0.2) is 5.16 Å². The van der Waals surface area contributed by atoms with Gasteiger partial charge in [-0.2, -0.15) is 0 Å². The van der Waals surface area contributed by atoms with Gasteiger partial charge in [0.25, 0.3) is 0 Å². The molecule has 0 fully saturated rings. The summed E-state index contributed by atoms with van der Waals surface area (Å²) in [5, 5.41) is 1.03. The fourth-order valence-electron chi connectivity index (χ4n) is 0.992. The highest BCUT2D eigenvalue weighted by molar-refractivity contribution is 7.99. The minimum absolute atomic E-state index is 0.142. The lowest BCUT2D eigenvalue weighted by molar-refractivity contribution is -0.121. The summed E-state index contributed by atoms with van der Waals surface area (Å²) in [6.45, 7) is 2.03. The first-order valence-electron chi connectivity index (χ1n) is 4.65. The third-order valence-corrected chi connectivity index (χ3v) is 2.85. The molecule has 1 atom stereocenters. The van der Waals surface area contributed by atoms with E-state index >= 15 is 0 Å². The van der Waals surface area contributed by atoms with E-state index in [1.54, 1.807) is 30.2 Å². The van der Waals surface area contributed by atoms with E-state index in [4.69, 9.17) is 5.84 Å². The minimum atomic E-state index is -0.142. The van der Waals surface area contributed by atoms with Gasteiger partial charge in [-0.25, -0.2) is 15.8 Å². The second-order valence-corrected chi connectivity index (χ2v) is 4.47. The van der Waals surface area contributed by atoms with Crippen LogP contribution in [0.2, 0.25) is 0 Å². The van der Waals surface area contributed by atoms with E-state index in [-0.39, 0.29) is 5.91 Å². The van der Waals surface area contributed by atoms with E-state index in [1.165, 1.54) is 0 Å². The Morgan fingerprint density at radius 2 is 2.27 bits per heavy atom. The van der Waals surface area contributed by atoms with E-state index in [2.05, 4.69) is 15.4 Å². The molecule has 1 unspecified atom stereocenters. The lowest BCUT2D eigenvalue weighted by Crippen LogP contribution is -2.30. The van der Waals surface area contributed by atoms with Crippen molar-refractivity contribution < 1.29 is 4.79 Å². The predicted octanol–water partition coefficient (Wildman–Crippen LogP) is 0.727. The molecule has 1 aromatic heterocycles. The number of nitrogens with two attached hydrogens (primary N) is 1. The average molecular weight is 226 g/mol. The van der Waals surface area contributed by atoms with Crippen molar-refractivity contribution in [2.75, 3.05) is 0 Å². The molecule has 1 amide bonds. The second kappa shape index (κ2) is 6.36. The van der Waals surface area contributed by atoms with Gasteiger partial charge >= 0.3 is 0 Å². The highest BCUT2D eigenvalue weighted by Crippen LogP contribution is 2.21. The SMILES string of the molecule is CC(CCC(=O)NN)Sc1ncccn1. The van der Waals surface area contributed by atoms with Gasteiger partial charge in [0, 0.05) is 24.1 Å². The fraction of sp³-hybridized carbons (Fsp3) is 0.444.